The van der Waals surface area contributed by atoms with Gasteiger partial charge >= 0.3 is 0 Å². The van der Waals surface area contributed by atoms with Gasteiger partial charge in [-0.3, -0.25) is 9.59 Å². The number of nitrogens with two attached hydrogens (primary N) is 1. The molecule has 1 aromatic rings. The third kappa shape index (κ3) is 4.95. The minimum Gasteiger partial charge on any atom is -0.336 e. The molecule has 0 saturated heterocycles. The smallest absolute Gasteiger partial charge is 0.243 e. The molecule has 2 rings (SSSR count). The summed E-state index contributed by atoms with van der Waals surface area (Å²) in [5.41, 5.74) is 9.94. The fourth-order valence-corrected chi connectivity index (χ4v) is 3.40. The van der Waals surface area contributed by atoms with E-state index in [0.717, 1.165) is 36.1 Å². The zero-order valence-electron chi connectivity index (χ0n) is 14.9. The largest absolute Gasteiger partial charge is 0.336 e. The number of benzene rings is 1. The van der Waals surface area contributed by atoms with Crippen molar-refractivity contribution in [1.82, 2.24) is 4.90 Å². The molecule has 24 heavy (non-hydrogen) atoms. The van der Waals surface area contributed by atoms with E-state index in [2.05, 4.69) is 5.32 Å². The van der Waals surface area contributed by atoms with Crippen molar-refractivity contribution in [2.75, 3.05) is 18.9 Å². The summed E-state index contributed by atoms with van der Waals surface area (Å²) in [4.78, 5) is 26.1. The Bertz CT molecular complexity index is 595. The Balaban J connectivity index is 0.00000288. The lowest BCUT2D eigenvalue weighted by Gasteiger charge is -2.21. The van der Waals surface area contributed by atoms with Gasteiger partial charge in [-0.15, -0.1) is 12.4 Å². The molecular formula is C18H28ClN3O2. The maximum Gasteiger partial charge on any atom is 0.243 e. The Morgan fingerprint density at radius 3 is 2.29 bits per heavy atom. The number of anilines is 1. The van der Waals surface area contributed by atoms with Gasteiger partial charge in [0.1, 0.15) is 0 Å². The Kier molecular flexibility index (Phi) is 7.24. The molecule has 2 unspecified atom stereocenters. The molecule has 0 radical (unpaired) electrons. The normalized spacial score (nSPS) is 19.5. The van der Waals surface area contributed by atoms with Gasteiger partial charge in [0.25, 0.3) is 0 Å². The van der Waals surface area contributed by atoms with E-state index in [1.54, 1.807) is 7.05 Å². The second-order valence-corrected chi connectivity index (χ2v) is 6.79. The quantitative estimate of drug-likeness (QED) is 0.873. The zero-order chi connectivity index (χ0) is 17.1. The first kappa shape index (κ1) is 20.5. The highest BCUT2D eigenvalue weighted by molar-refractivity contribution is 5.96. The van der Waals surface area contributed by atoms with Crippen LogP contribution in [0, 0.1) is 26.7 Å². The lowest BCUT2D eigenvalue weighted by molar-refractivity contribution is -0.136. The van der Waals surface area contributed by atoms with Crippen molar-refractivity contribution in [3.63, 3.8) is 0 Å². The highest BCUT2D eigenvalue weighted by Crippen LogP contribution is 2.26. The minimum absolute atomic E-state index is 0. The molecule has 5 nitrogen and oxygen atoms in total. The molecule has 1 aliphatic carbocycles. The molecule has 0 bridgehead atoms. The van der Waals surface area contributed by atoms with Gasteiger partial charge in [-0.1, -0.05) is 17.7 Å². The number of aryl methyl sites for hydroxylation is 3. The molecular weight excluding hydrogens is 326 g/mol. The molecule has 6 heteroatoms. The number of hydrogen-bond donors (Lipinski definition) is 2. The Morgan fingerprint density at radius 1 is 1.21 bits per heavy atom. The summed E-state index contributed by atoms with van der Waals surface area (Å²) in [5, 5.41) is 2.93. The van der Waals surface area contributed by atoms with Crippen molar-refractivity contribution in [3.8, 4) is 0 Å². The number of hydrogen-bond acceptors (Lipinski definition) is 3. The first-order valence-electron chi connectivity index (χ1n) is 8.16. The van der Waals surface area contributed by atoms with Crippen LogP contribution >= 0.6 is 12.4 Å². The summed E-state index contributed by atoms with van der Waals surface area (Å²) in [6.07, 6.45) is 2.43. The Hall–Kier alpha value is -1.59. The van der Waals surface area contributed by atoms with Gasteiger partial charge in [-0.2, -0.15) is 0 Å². The van der Waals surface area contributed by atoms with Crippen LogP contribution in [-0.2, 0) is 9.59 Å². The fraction of sp³-hybridized carbons (Fsp3) is 0.556. The van der Waals surface area contributed by atoms with Crippen LogP contribution in [0.15, 0.2) is 12.1 Å². The van der Waals surface area contributed by atoms with E-state index in [9.17, 15) is 9.59 Å². The highest BCUT2D eigenvalue weighted by atomic mass is 35.5. The lowest BCUT2D eigenvalue weighted by Crippen LogP contribution is -2.38. The third-order valence-corrected chi connectivity index (χ3v) is 4.52. The second-order valence-electron chi connectivity index (χ2n) is 6.79. The maximum absolute atomic E-state index is 12.3. The summed E-state index contributed by atoms with van der Waals surface area (Å²) in [6, 6.07) is 4.19. The number of nitrogens with one attached hydrogen (secondary N) is 1. The molecule has 0 aromatic heterocycles. The van der Waals surface area contributed by atoms with Gasteiger partial charge in [0.15, 0.2) is 0 Å². The topological polar surface area (TPSA) is 75.4 Å². The molecule has 1 fully saturated rings. The molecule has 0 aliphatic heterocycles. The molecule has 1 aliphatic rings. The van der Waals surface area contributed by atoms with Crippen LogP contribution in [0.1, 0.15) is 36.0 Å². The molecule has 3 N–H and O–H groups in total. The summed E-state index contributed by atoms with van der Waals surface area (Å²) < 4.78 is 0. The van der Waals surface area contributed by atoms with Crippen LogP contribution in [0.2, 0.25) is 0 Å². The number of amides is 2. The summed E-state index contributed by atoms with van der Waals surface area (Å²) >= 11 is 0. The molecule has 0 spiro atoms. The van der Waals surface area contributed by atoms with Crippen molar-refractivity contribution in [2.24, 2.45) is 11.7 Å². The number of likely N-dealkylation sites (N-methyl/N-ethyl adjacent to an activating group) is 1. The van der Waals surface area contributed by atoms with Gasteiger partial charge in [0.2, 0.25) is 11.8 Å². The maximum atomic E-state index is 12.3. The number of rotatable bonds is 4. The monoisotopic (exact) mass is 353 g/mol. The molecule has 1 saturated carbocycles. The lowest BCUT2D eigenvalue weighted by atomic mass is 10.0. The molecule has 2 amide bonds. The number of nitrogens with zero attached hydrogens (tertiary/aromatic N) is 1. The van der Waals surface area contributed by atoms with Crippen LogP contribution in [0.5, 0.6) is 0 Å². The molecule has 1 aromatic carbocycles. The van der Waals surface area contributed by atoms with Crippen molar-refractivity contribution < 1.29 is 9.59 Å². The fourth-order valence-electron chi connectivity index (χ4n) is 3.40. The number of carbonyl (C=O) groups is 2. The van der Waals surface area contributed by atoms with Crippen molar-refractivity contribution in [2.45, 2.75) is 46.1 Å². The first-order valence-corrected chi connectivity index (χ1v) is 8.16. The predicted molar refractivity (Wildman–Crippen MR) is 99.5 cm³/mol. The van der Waals surface area contributed by atoms with E-state index in [0.29, 0.717) is 0 Å². The standard InChI is InChI=1S/C18H27N3O2.ClH/c1-11-7-12(2)17(13(3)8-11)20-16(22)10-21(4)18(23)14-5-6-15(19)9-14;/h7-8,14-15H,5-6,9-10,19H2,1-4H3,(H,20,22);1H. The number of halogens is 1. The summed E-state index contributed by atoms with van der Waals surface area (Å²) in [5.74, 6) is -0.186. The Morgan fingerprint density at radius 2 is 1.79 bits per heavy atom. The van der Waals surface area contributed by atoms with E-state index in [4.69, 9.17) is 5.73 Å². The first-order chi connectivity index (χ1) is 10.8. The van der Waals surface area contributed by atoms with Crippen molar-refractivity contribution >= 4 is 29.9 Å². The van der Waals surface area contributed by atoms with E-state index in [-0.39, 0.29) is 42.7 Å². The van der Waals surface area contributed by atoms with Gasteiger partial charge in [0.05, 0.1) is 6.54 Å². The van der Waals surface area contributed by atoms with E-state index in [1.807, 2.05) is 32.9 Å². The van der Waals surface area contributed by atoms with E-state index < -0.39 is 0 Å². The number of carbonyl (C=O) groups excluding carboxylic acids is 2. The second kappa shape index (κ2) is 8.49. The van der Waals surface area contributed by atoms with Gasteiger partial charge in [-0.25, -0.2) is 0 Å². The van der Waals surface area contributed by atoms with Crippen LogP contribution in [0.4, 0.5) is 5.69 Å². The summed E-state index contributed by atoms with van der Waals surface area (Å²) in [7, 11) is 1.68. The van der Waals surface area contributed by atoms with Crippen LogP contribution in [-0.4, -0.2) is 36.3 Å². The molecule has 134 valence electrons. The minimum atomic E-state index is -0.168. The van der Waals surface area contributed by atoms with Crippen LogP contribution in [0.3, 0.4) is 0 Å². The van der Waals surface area contributed by atoms with E-state index >= 15 is 0 Å². The van der Waals surface area contributed by atoms with Crippen molar-refractivity contribution in [3.05, 3.63) is 28.8 Å². The Labute approximate surface area is 150 Å². The predicted octanol–water partition coefficient (Wildman–Crippen LogP) is 2.56. The van der Waals surface area contributed by atoms with Gasteiger partial charge < -0.3 is 16.0 Å². The van der Waals surface area contributed by atoms with Crippen molar-refractivity contribution in [1.29, 1.82) is 0 Å². The summed E-state index contributed by atoms with van der Waals surface area (Å²) in [6.45, 7) is 6.05. The van der Waals surface area contributed by atoms with E-state index in [1.165, 1.54) is 10.5 Å². The SMILES string of the molecule is Cc1cc(C)c(NC(=O)CN(C)C(=O)C2CCC(N)C2)c(C)c1.Cl. The molecule has 2 atom stereocenters. The highest BCUT2D eigenvalue weighted by Gasteiger charge is 2.30. The van der Waals surface area contributed by atoms with Gasteiger partial charge in [0, 0.05) is 24.7 Å². The van der Waals surface area contributed by atoms with Crippen LogP contribution in [0.25, 0.3) is 0 Å². The van der Waals surface area contributed by atoms with Gasteiger partial charge in [-0.05, 0) is 51.2 Å². The average Bonchev–Trinajstić information content (AvgIpc) is 2.88. The van der Waals surface area contributed by atoms with Crippen LogP contribution < -0.4 is 11.1 Å². The third-order valence-electron chi connectivity index (χ3n) is 4.52. The average molecular weight is 354 g/mol. The molecule has 0 heterocycles. The zero-order valence-corrected chi connectivity index (χ0v) is 15.7.